The fraction of sp³-hybridized carbons (Fsp3) is 0.409. The summed E-state index contributed by atoms with van der Waals surface area (Å²) in [6.07, 6.45) is -1.11. The molecular formula is C22H23ClF4N6O. The summed E-state index contributed by atoms with van der Waals surface area (Å²) in [6, 6.07) is 6.94. The van der Waals surface area contributed by atoms with Gasteiger partial charge < -0.3 is 4.90 Å². The molecule has 1 aromatic heterocycles. The van der Waals surface area contributed by atoms with E-state index in [2.05, 4.69) is 26.4 Å². The maximum absolute atomic E-state index is 13.2. The number of pyridine rings is 1. The topological polar surface area (TPSA) is 81.6 Å². The lowest BCUT2D eigenvalue weighted by Crippen LogP contribution is -2.40. The number of hydrazine groups is 1. The second-order valence-electron chi connectivity index (χ2n) is 8.26. The van der Waals surface area contributed by atoms with Crippen molar-refractivity contribution in [2.75, 3.05) is 24.5 Å². The van der Waals surface area contributed by atoms with E-state index < -0.39 is 11.7 Å². The lowest BCUT2D eigenvalue weighted by atomic mass is 9.96. The van der Waals surface area contributed by atoms with Gasteiger partial charge >= 0.3 is 6.18 Å². The van der Waals surface area contributed by atoms with Crippen molar-refractivity contribution in [3.8, 4) is 0 Å². The van der Waals surface area contributed by atoms with Gasteiger partial charge in [0.25, 0.3) is 0 Å². The molecule has 0 spiro atoms. The molecule has 3 heterocycles. The fourth-order valence-corrected chi connectivity index (χ4v) is 4.40. The minimum absolute atomic E-state index is 0.0412. The molecule has 0 bridgehead atoms. The van der Waals surface area contributed by atoms with Crippen molar-refractivity contribution in [2.24, 2.45) is 16.9 Å². The van der Waals surface area contributed by atoms with Crippen LogP contribution in [0, 0.1) is 17.7 Å². The lowest BCUT2D eigenvalue weighted by molar-refractivity contribution is -0.137. The number of aromatic nitrogens is 1. The fourth-order valence-electron chi connectivity index (χ4n) is 4.11. The molecule has 4 rings (SSSR count). The Kier molecular flexibility index (Phi) is 7.34. The van der Waals surface area contributed by atoms with Crippen LogP contribution in [-0.2, 0) is 11.0 Å². The number of carbonyl (C=O) groups is 1. The van der Waals surface area contributed by atoms with Crippen LogP contribution in [0.3, 0.4) is 0 Å². The second-order valence-corrected chi connectivity index (χ2v) is 8.67. The predicted molar refractivity (Wildman–Crippen MR) is 120 cm³/mol. The summed E-state index contributed by atoms with van der Waals surface area (Å²) < 4.78 is 51.6. The van der Waals surface area contributed by atoms with Crippen LogP contribution >= 0.6 is 11.6 Å². The van der Waals surface area contributed by atoms with Crippen molar-refractivity contribution >= 4 is 29.5 Å². The number of anilines is 1. The molecule has 2 unspecified atom stereocenters. The minimum Gasteiger partial charge on any atom is -0.355 e. The van der Waals surface area contributed by atoms with E-state index in [1.165, 1.54) is 12.1 Å². The Morgan fingerprint density at radius 1 is 1.24 bits per heavy atom. The number of halogens is 5. The van der Waals surface area contributed by atoms with Gasteiger partial charge in [-0.3, -0.25) is 10.2 Å². The molecule has 2 fully saturated rings. The number of nitrogens with zero attached hydrogens (tertiary/aromatic N) is 3. The average molecular weight is 499 g/mol. The molecule has 2 aliphatic rings. The van der Waals surface area contributed by atoms with Crippen LogP contribution < -0.4 is 21.2 Å². The molecule has 2 aromatic rings. The molecule has 34 heavy (non-hydrogen) atoms. The van der Waals surface area contributed by atoms with Gasteiger partial charge in [-0.15, -0.1) is 0 Å². The summed E-state index contributed by atoms with van der Waals surface area (Å²) in [6.45, 7) is 1.46. The van der Waals surface area contributed by atoms with Gasteiger partial charge in [0.15, 0.2) is 0 Å². The summed E-state index contributed by atoms with van der Waals surface area (Å²) in [7, 11) is 0. The van der Waals surface area contributed by atoms with Crippen LogP contribution in [0.2, 0.25) is 5.02 Å². The third-order valence-electron chi connectivity index (χ3n) is 6.01. The summed E-state index contributed by atoms with van der Waals surface area (Å²) >= 11 is 6.03. The number of benzene rings is 1. The first-order valence-corrected chi connectivity index (χ1v) is 11.1. The predicted octanol–water partition coefficient (Wildman–Crippen LogP) is 3.68. The van der Waals surface area contributed by atoms with Crippen LogP contribution in [-0.4, -0.2) is 36.7 Å². The number of rotatable bonds is 5. The van der Waals surface area contributed by atoms with Gasteiger partial charge in [0.1, 0.15) is 11.6 Å². The first-order valence-electron chi connectivity index (χ1n) is 10.8. The molecule has 1 amide bonds. The Labute approximate surface area is 198 Å². The molecule has 0 saturated carbocycles. The normalized spacial score (nSPS) is 21.9. The van der Waals surface area contributed by atoms with E-state index in [1.54, 1.807) is 23.2 Å². The summed E-state index contributed by atoms with van der Waals surface area (Å²) in [4.78, 5) is 18.2. The van der Waals surface area contributed by atoms with Gasteiger partial charge in [-0.05, 0) is 36.6 Å². The molecule has 2 atom stereocenters. The zero-order chi connectivity index (χ0) is 24.3. The highest BCUT2D eigenvalue weighted by molar-refractivity contribution is 6.33. The standard InChI is InChI=1S/C22H23ClF4N6O/c23-18-9-16(22(25,26)27)12-28-20(18)33-7-5-14(6-8-33)21(34)32-30-11-15-10-29-31-19(15)13-1-3-17(24)4-2-13/h1-4,9,11-12,14-15,19,29,31H,5-8,10H2,(H,32,34)/b30-11+. The molecule has 182 valence electrons. The Bertz CT molecular complexity index is 1040. The third kappa shape index (κ3) is 5.65. The molecule has 3 N–H and O–H groups in total. The summed E-state index contributed by atoms with van der Waals surface area (Å²) in [5.74, 6) is -0.580. The smallest absolute Gasteiger partial charge is 0.355 e. The van der Waals surface area contributed by atoms with Gasteiger partial charge in [0.2, 0.25) is 5.91 Å². The van der Waals surface area contributed by atoms with Crippen LogP contribution in [0.15, 0.2) is 41.6 Å². The number of hydrazone groups is 1. The van der Waals surface area contributed by atoms with E-state index in [4.69, 9.17) is 11.6 Å². The van der Waals surface area contributed by atoms with Gasteiger partial charge in [-0.2, -0.15) is 18.3 Å². The van der Waals surface area contributed by atoms with Gasteiger partial charge in [0.05, 0.1) is 16.6 Å². The summed E-state index contributed by atoms with van der Waals surface area (Å²) in [5, 5.41) is 4.04. The Hall–Kier alpha value is -2.76. The van der Waals surface area contributed by atoms with E-state index >= 15 is 0 Å². The van der Waals surface area contributed by atoms with Crippen molar-refractivity contribution in [1.29, 1.82) is 0 Å². The quantitative estimate of drug-likeness (QED) is 0.333. The highest BCUT2D eigenvalue weighted by atomic mass is 35.5. The van der Waals surface area contributed by atoms with Crippen molar-refractivity contribution < 1.29 is 22.4 Å². The molecule has 1 aromatic carbocycles. The summed E-state index contributed by atoms with van der Waals surface area (Å²) in [5.41, 5.74) is 8.74. The average Bonchev–Trinajstić information content (AvgIpc) is 3.27. The zero-order valence-corrected chi connectivity index (χ0v) is 18.7. The molecule has 0 aliphatic carbocycles. The Morgan fingerprint density at radius 3 is 2.59 bits per heavy atom. The monoisotopic (exact) mass is 498 g/mol. The number of piperidine rings is 1. The first-order chi connectivity index (χ1) is 16.2. The van der Waals surface area contributed by atoms with Crippen molar-refractivity contribution in [3.05, 3.63) is 58.5 Å². The highest BCUT2D eigenvalue weighted by Gasteiger charge is 2.33. The van der Waals surface area contributed by atoms with Gasteiger partial charge in [0, 0.05) is 43.9 Å². The lowest BCUT2D eigenvalue weighted by Gasteiger charge is -2.32. The van der Waals surface area contributed by atoms with E-state index in [0.717, 1.165) is 17.8 Å². The number of amides is 1. The van der Waals surface area contributed by atoms with Crippen LogP contribution in [0.1, 0.15) is 30.0 Å². The first kappa shape index (κ1) is 24.4. The Balaban J connectivity index is 1.28. The number of carbonyl (C=O) groups excluding carboxylic acids is 1. The van der Waals surface area contributed by atoms with E-state index in [9.17, 15) is 22.4 Å². The van der Waals surface area contributed by atoms with Gasteiger partial charge in [-0.1, -0.05) is 23.7 Å². The molecule has 2 aliphatic heterocycles. The molecule has 12 heteroatoms. The van der Waals surface area contributed by atoms with Crippen LogP contribution in [0.5, 0.6) is 0 Å². The van der Waals surface area contributed by atoms with E-state index in [1.807, 2.05) is 0 Å². The third-order valence-corrected chi connectivity index (χ3v) is 6.29. The molecular weight excluding hydrogens is 476 g/mol. The Morgan fingerprint density at radius 2 is 1.94 bits per heavy atom. The zero-order valence-electron chi connectivity index (χ0n) is 17.9. The van der Waals surface area contributed by atoms with Crippen LogP contribution in [0.4, 0.5) is 23.4 Å². The SMILES string of the molecule is O=C(N/N=C/C1CNNC1c1ccc(F)cc1)C1CCN(c2ncc(C(F)(F)F)cc2Cl)CC1. The number of alkyl halides is 3. The number of nitrogens with one attached hydrogen (secondary N) is 3. The van der Waals surface area contributed by atoms with Crippen molar-refractivity contribution in [1.82, 2.24) is 21.3 Å². The van der Waals surface area contributed by atoms with Crippen molar-refractivity contribution in [3.63, 3.8) is 0 Å². The number of hydrogen-bond acceptors (Lipinski definition) is 6. The van der Waals surface area contributed by atoms with Crippen LogP contribution in [0.25, 0.3) is 0 Å². The van der Waals surface area contributed by atoms with Crippen molar-refractivity contribution in [2.45, 2.75) is 25.1 Å². The van der Waals surface area contributed by atoms with Gasteiger partial charge in [-0.25, -0.2) is 20.2 Å². The van der Waals surface area contributed by atoms with E-state index in [0.29, 0.717) is 32.5 Å². The second kappa shape index (κ2) is 10.2. The minimum atomic E-state index is -4.51. The largest absolute Gasteiger partial charge is 0.417 e. The number of hydrogen-bond donors (Lipinski definition) is 3. The highest BCUT2D eigenvalue weighted by Crippen LogP contribution is 2.34. The molecule has 7 nitrogen and oxygen atoms in total. The maximum Gasteiger partial charge on any atom is 0.417 e. The van der Waals surface area contributed by atoms with E-state index in [-0.39, 0.29) is 40.4 Å². The molecule has 0 radical (unpaired) electrons. The maximum atomic E-state index is 13.2. The molecule has 2 saturated heterocycles.